The third-order valence-corrected chi connectivity index (χ3v) is 2.39. The van der Waals surface area contributed by atoms with Crippen molar-refractivity contribution in [3.63, 3.8) is 0 Å². The monoisotopic (exact) mass is 180 g/mol. The molecule has 13 heavy (non-hydrogen) atoms. The summed E-state index contributed by atoms with van der Waals surface area (Å²) in [6.45, 7) is 2.70. The third kappa shape index (κ3) is 1.49. The van der Waals surface area contributed by atoms with Crippen LogP contribution in [0.15, 0.2) is 17.1 Å². The summed E-state index contributed by atoms with van der Waals surface area (Å²) in [5, 5.41) is 0. The van der Waals surface area contributed by atoms with Gasteiger partial charge in [-0.05, 0) is 19.8 Å². The average molecular weight is 180 g/mol. The average Bonchev–Trinajstić information content (AvgIpc) is 2.54. The van der Waals surface area contributed by atoms with E-state index in [1.165, 1.54) is 12.3 Å². The van der Waals surface area contributed by atoms with Gasteiger partial charge >= 0.3 is 0 Å². The summed E-state index contributed by atoms with van der Waals surface area (Å²) in [6.07, 6.45) is 3.45. The second-order valence-corrected chi connectivity index (χ2v) is 3.47. The van der Waals surface area contributed by atoms with E-state index in [9.17, 15) is 4.79 Å². The summed E-state index contributed by atoms with van der Waals surface area (Å²) in [4.78, 5) is 17.8. The number of hydrogen-bond donors (Lipinski definition) is 1. The first-order chi connectivity index (χ1) is 6.21. The number of hydrogen-bond acceptors (Lipinski definition) is 3. The lowest BCUT2D eigenvalue weighted by molar-refractivity contribution is 0.00912. The summed E-state index contributed by atoms with van der Waals surface area (Å²) in [5.74, 6) is 0.637. The summed E-state index contributed by atoms with van der Waals surface area (Å²) in [5.41, 5.74) is -0.512. The fraction of sp³-hybridized carbons (Fsp3) is 0.556. The standard InChI is InChI=1S/C9H12N2O2/c1-9(4-2-6-13-9)8-10-5-3-7(12)11-8/h3,5H,2,4,6H2,1H3,(H,10,11,12). The Morgan fingerprint density at radius 3 is 3.15 bits per heavy atom. The van der Waals surface area contributed by atoms with Crippen molar-refractivity contribution in [2.24, 2.45) is 0 Å². The first kappa shape index (κ1) is 8.44. The van der Waals surface area contributed by atoms with Gasteiger partial charge in [-0.1, -0.05) is 0 Å². The Labute approximate surface area is 76.0 Å². The normalized spacial score (nSPS) is 27.8. The molecule has 1 aliphatic heterocycles. The molecule has 0 amide bonds. The van der Waals surface area contributed by atoms with Crippen molar-refractivity contribution in [1.29, 1.82) is 0 Å². The molecule has 4 nitrogen and oxygen atoms in total. The molecule has 2 rings (SSSR count). The van der Waals surface area contributed by atoms with Crippen LogP contribution in [0.4, 0.5) is 0 Å². The van der Waals surface area contributed by atoms with E-state index in [1.54, 1.807) is 0 Å². The molecule has 0 saturated carbocycles. The van der Waals surface area contributed by atoms with Crippen molar-refractivity contribution in [2.75, 3.05) is 6.61 Å². The van der Waals surface area contributed by atoms with Crippen LogP contribution < -0.4 is 5.56 Å². The first-order valence-electron chi connectivity index (χ1n) is 4.40. The molecule has 1 saturated heterocycles. The zero-order chi connectivity index (χ0) is 9.31. The van der Waals surface area contributed by atoms with Gasteiger partial charge in [0.1, 0.15) is 11.4 Å². The lowest BCUT2D eigenvalue weighted by atomic mass is 10.0. The van der Waals surface area contributed by atoms with Crippen molar-refractivity contribution in [1.82, 2.24) is 9.97 Å². The van der Waals surface area contributed by atoms with Gasteiger partial charge in [-0.25, -0.2) is 4.98 Å². The fourth-order valence-corrected chi connectivity index (χ4v) is 1.60. The minimum Gasteiger partial charge on any atom is -0.367 e. The molecule has 1 aromatic rings. The van der Waals surface area contributed by atoms with Gasteiger partial charge < -0.3 is 9.72 Å². The maximum absolute atomic E-state index is 11.0. The number of aromatic amines is 1. The molecular weight excluding hydrogens is 168 g/mol. The van der Waals surface area contributed by atoms with Crippen LogP contribution in [-0.4, -0.2) is 16.6 Å². The van der Waals surface area contributed by atoms with Crippen molar-refractivity contribution in [3.8, 4) is 0 Å². The maximum Gasteiger partial charge on any atom is 0.250 e. The van der Waals surface area contributed by atoms with E-state index >= 15 is 0 Å². The van der Waals surface area contributed by atoms with Gasteiger partial charge in [-0.3, -0.25) is 4.79 Å². The Bertz CT molecular complexity index is 353. The number of rotatable bonds is 1. The van der Waals surface area contributed by atoms with Crippen LogP contribution in [0.3, 0.4) is 0 Å². The highest BCUT2D eigenvalue weighted by atomic mass is 16.5. The van der Waals surface area contributed by atoms with E-state index in [0.29, 0.717) is 5.82 Å². The molecule has 1 fully saturated rings. The minimum absolute atomic E-state index is 0.123. The van der Waals surface area contributed by atoms with Gasteiger partial charge in [-0.2, -0.15) is 0 Å². The molecule has 0 aliphatic carbocycles. The van der Waals surface area contributed by atoms with Crippen LogP contribution in [0.1, 0.15) is 25.6 Å². The Morgan fingerprint density at radius 1 is 1.69 bits per heavy atom. The molecule has 70 valence electrons. The van der Waals surface area contributed by atoms with Crippen molar-refractivity contribution >= 4 is 0 Å². The molecule has 0 bridgehead atoms. The highest BCUT2D eigenvalue weighted by molar-refractivity contribution is 5.02. The number of nitrogens with one attached hydrogen (secondary N) is 1. The van der Waals surface area contributed by atoms with Crippen LogP contribution in [0.2, 0.25) is 0 Å². The number of nitrogens with zero attached hydrogens (tertiary/aromatic N) is 1. The predicted octanol–water partition coefficient (Wildman–Crippen LogP) is 0.795. The summed E-state index contributed by atoms with van der Waals surface area (Å²) < 4.78 is 5.55. The predicted molar refractivity (Wildman–Crippen MR) is 47.4 cm³/mol. The highest BCUT2D eigenvalue weighted by Gasteiger charge is 2.33. The van der Waals surface area contributed by atoms with Gasteiger partial charge in [0.25, 0.3) is 5.56 Å². The van der Waals surface area contributed by atoms with Gasteiger partial charge in [-0.15, -0.1) is 0 Å². The molecular formula is C9H12N2O2. The molecule has 0 spiro atoms. The second kappa shape index (κ2) is 2.96. The van der Waals surface area contributed by atoms with Gasteiger partial charge in [0, 0.05) is 18.9 Å². The smallest absolute Gasteiger partial charge is 0.250 e. The lowest BCUT2D eigenvalue weighted by Crippen LogP contribution is -2.26. The second-order valence-electron chi connectivity index (χ2n) is 3.47. The van der Waals surface area contributed by atoms with Crippen LogP contribution in [0.25, 0.3) is 0 Å². The van der Waals surface area contributed by atoms with Crippen molar-refractivity contribution < 1.29 is 4.74 Å². The molecule has 0 aromatic carbocycles. The molecule has 1 unspecified atom stereocenters. The van der Waals surface area contributed by atoms with Gasteiger partial charge in [0.2, 0.25) is 0 Å². The van der Waals surface area contributed by atoms with Crippen LogP contribution >= 0.6 is 0 Å². The number of ether oxygens (including phenoxy) is 1. The summed E-state index contributed by atoms with van der Waals surface area (Å²) >= 11 is 0. The fourth-order valence-electron chi connectivity index (χ4n) is 1.60. The van der Waals surface area contributed by atoms with E-state index < -0.39 is 0 Å². The van der Waals surface area contributed by atoms with Gasteiger partial charge in [0.05, 0.1) is 0 Å². The topological polar surface area (TPSA) is 55.0 Å². The molecule has 1 aromatic heterocycles. The van der Waals surface area contributed by atoms with Crippen molar-refractivity contribution in [2.45, 2.75) is 25.4 Å². The zero-order valence-electron chi connectivity index (χ0n) is 7.54. The summed E-state index contributed by atoms with van der Waals surface area (Å²) in [6, 6.07) is 1.40. The Kier molecular flexibility index (Phi) is 1.92. The molecule has 1 N–H and O–H groups in total. The molecule has 0 radical (unpaired) electrons. The largest absolute Gasteiger partial charge is 0.367 e. The minimum atomic E-state index is -0.388. The first-order valence-corrected chi connectivity index (χ1v) is 4.40. The van der Waals surface area contributed by atoms with E-state index in [0.717, 1.165) is 19.4 Å². The van der Waals surface area contributed by atoms with Crippen molar-refractivity contribution in [3.05, 3.63) is 28.4 Å². The van der Waals surface area contributed by atoms with E-state index in [1.807, 2.05) is 6.92 Å². The third-order valence-electron chi connectivity index (χ3n) is 2.39. The highest BCUT2D eigenvalue weighted by Crippen LogP contribution is 2.32. The molecule has 2 heterocycles. The van der Waals surface area contributed by atoms with E-state index in [4.69, 9.17) is 4.74 Å². The molecule has 4 heteroatoms. The van der Waals surface area contributed by atoms with E-state index in [-0.39, 0.29) is 11.2 Å². The van der Waals surface area contributed by atoms with Gasteiger partial charge in [0.15, 0.2) is 0 Å². The quantitative estimate of drug-likeness (QED) is 0.695. The zero-order valence-corrected chi connectivity index (χ0v) is 7.54. The van der Waals surface area contributed by atoms with Crippen LogP contribution in [0.5, 0.6) is 0 Å². The maximum atomic E-state index is 11.0. The van der Waals surface area contributed by atoms with Crippen LogP contribution in [-0.2, 0) is 10.3 Å². The molecule has 1 aliphatic rings. The number of aromatic nitrogens is 2. The lowest BCUT2D eigenvalue weighted by Gasteiger charge is -2.21. The SMILES string of the molecule is CC1(c2nccc(=O)[nH]2)CCCO1. The Balaban J connectivity index is 2.39. The van der Waals surface area contributed by atoms with E-state index in [2.05, 4.69) is 9.97 Å². The molecule has 1 atom stereocenters. The Hall–Kier alpha value is -1.16. The Morgan fingerprint density at radius 2 is 2.54 bits per heavy atom. The summed E-state index contributed by atoms with van der Waals surface area (Å²) in [7, 11) is 0. The van der Waals surface area contributed by atoms with Crippen LogP contribution in [0, 0.1) is 0 Å². The number of H-pyrrole nitrogens is 1.